The van der Waals surface area contributed by atoms with Gasteiger partial charge in [-0.25, -0.2) is 0 Å². The fourth-order valence-electron chi connectivity index (χ4n) is 3.72. The first-order chi connectivity index (χ1) is 13.1. The average molecular weight is 368 g/mol. The van der Waals surface area contributed by atoms with Crippen molar-refractivity contribution in [3.63, 3.8) is 0 Å². The molecule has 0 radical (unpaired) electrons. The van der Waals surface area contributed by atoms with E-state index >= 15 is 0 Å². The Balaban J connectivity index is 1.57. The summed E-state index contributed by atoms with van der Waals surface area (Å²) in [4.78, 5) is 14.8. The summed E-state index contributed by atoms with van der Waals surface area (Å²) in [5.41, 5.74) is 2.27. The van der Waals surface area contributed by atoms with E-state index in [2.05, 4.69) is 34.5 Å². The standard InChI is InChI=1S/C22H28N2O3/c1-16(20-13-19(26-2)9-10-21(20)27-3)23-22(25)15-24-12-11-18(14-24)17-7-5-4-6-8-17/h4-10,13,16,18H,11-12,14-15H2,1-3H3,(H,23,25)/t16-,18+/m0/s1. The fourth-order valence-corrected chi connectivity index (χ4v) is 3.72. The molecule has 0 spiro atoms. The molecule has 0 aromatic heterocycles. The van der Waals surface area contributed by atoms with Gasteiger partial charge in [0.05, 0.1) is 26.8 Å². The molecule has 1 amide bonds. The number of ether oxygens (including phenoxy) is 2. The first-order valence-corrected chi connectivity index (χ1v) is 9.39. The number of amides is 1. The Morgan fingerprint density at radius 2 is 1.96 bits per heavy atom. The quantitative estimate of drug-likeness (QED) is 0.814. The molecule has 1 aliphatic heterocycles. The summed E-state index contributed by atoms with van der Waals surface area (Å²) in [5.74, 6) is 2.03. The number of hydrogen-bond acceptors (Lipinski definition) is 4. The highest BCUT2D eigenvalue weighted by Gasteiger charge is 2.25. The SMILES string of the molecule is COc1ccc(OC)c([C@H](C)NC(=O)CN2CC[C@@H](c3ccccc3)C2)c1. The Morgan fingerprint density at radius 3 is 2.67 bits per heavy atom. The van der Waals surface area contributed by atoms with Crippen LogP contribution >= 0.6 is 0 Å². The summed E-state index contributed by atoms with van der Waals surface area (Å²) < 4.78 is 10.7. The number of carbonyl (C=O) groups is 1. The van der Waals surface area contributed by atoms with Gasteiger partial charge in [-0.1, -0.05) is 30.3 Å². The summed E-state index contributed by atoms with van der Waals surface area (Å²) in [7, 11) is 3.26. The lowest BCUT2D eigenvalue weighted by atomic mass is 9.99. The van der Waals surface area contributed by atoms with Gasteiger partial charge in [0, 0.05) is 12.1 Å². The second kappa shape index (κ2) is 8.91. The zero-order valence-electron chi connectivity index (χ0n) is 16.3. The molecule has 5 nitrogen and oxygen atoms in total. The second-order valence-corrected chi connectivity index (χ2v) is 7.03. The molecule has 2 aromatic carbocycles. The number of hydrogen-bond donors (Lipinski definition) is 1. The van der Waals surface area contributed by atoms with Gasteiger partial charge in [0.15, 0.2) is 0 Å². The van der Waals surface area contributed by atoms with Gasteiger partial charge >= 0.3 is 0 Å². The van der Waals surface area contributed by atoms with Gasteiger partial charge in [-0.3, -0.25) is 9.69 Å². The third kappa shape index (κ3) is 4.80. The molecule has 27 heavy (non-hydrogen) atoms. The van der Waals surface area contributed by atoms with Gasteiger partial charge in [-0.05, 0) is 49.6 Å². The van der Waals surface area contributed by atoms with Gasteiger partial charge in [0.25, 0.3) is 0 Å². The van der Waals surface area contributed by atoms with Crippen LogP contribution in [-0.2, 0) is 4.79 Å². The molecule has 0 saturated carbocycles. The van der Waals surface area contributed by atoms with E-state index in [4.69, 9.17) is 9.47 Å². The minimum absolute atomic E-state index is 0.0288. The fraction of sp³-hybridized carbons (Fsp3) is 0.409. The monoisotopic (exact) mass is 368 g/mol. The molecule has 3 rings (SSSR count). The number of rotatable bonds is 7. The molecule has 1 N–H and O–H groups in total. The predicted molar refractivity (Wildman–Crippen MR) is 106 cm³/mol. The van der Waals surface area contributed by atoms with Gasteiger partial charge in [0.1, 0.15) is 11.5 Å². The highest BCUT2D eigenvalue weighted by molar-refractivity contribution is 5.78. The lowest BCUT2D eigenvalue weighted by Crippen LogP contribution is -2.37. The van der Waals surface area contributed by atoms with E-state index in [1.165, 1.54) is 5.56 Å². The van der Waals surface area contributed by atoms with E-state index in [0.29, 0.717) is 12.5 Å². The van der Waals surface area contributed by atoms with E-state index in [1.54, 1.807) is 14.2 Å². The highest BCUT2D eigenvalue weighted by Crippen LogP contribution is 2.30. The van der Waals surface area contributed by atoms with Crippen molar-refractivity contribution in [1.82, 2.24) is 10.2 Å². The molecular weight excluding hydrogens is 340 g/mol. The van der Waals surface area contributed by atoms with Crippen LogP contribution in [0.1, 0.15) is 36.4 Å². The molecule has 0 bridgehead atoms. The molecule has 5 heteroatoms. The lowest BCUT2D eigenvalue weighted by molar-refractivity contribution is -0.122. The minimum atomic E-state index is -0.157. The van der Waals surface area contributed by atoms with E-state index in [9.17, 15) is 4.79 Å². The van der Waals surface area contributed by atoms with Gasteiger partial charge < -0.3 is 14.8 Å². The lowest BCUT2D eigenvalue weighted by Gasteiger charge is -2.21. The zero-order chi connectivity index (χ0) is 19.2. The van der Waals surface area contributed by atoms with E-state index in [1.807, 2.05) is 31.2 Å². The Morgan fingerprint density at radius 1 is 1.19 bits per heavy atom. The summed E-state index contributed by atoms with van der Waals surface area (Å²) in [6.45, 7) is 4.25. The number of likely N-dealkylation sites (tertiary alicyclic amines) is 1. The van der Waals surface area contributed by atoms with Crippen molar-refractivity contribution in [2.24, 2.45) is 0 Å². The Kier molecular flexibility index (Phi) is 6.35. The molecule has 1 aliphatic rings. The third-order valence-electron chi connectivity index (χ3n) is 5.19. The summed E-state index contributed by atoms with van der Waals surface area (Å²) >= 11 is 0. The van der Waals surface area contributed by atoms with Crippen molar-refractivity contribution in [3.8, 4) is 11.5 Å². The van der Waals surface area contributed by atoms with Crippen molar-refractivity contribution in [1.29, 1.82) is 0 Å². The van der Waals surface area contributed by atoms with Crippen LogP contribution in [0.3, 0.4) is 0 Å². The normalized spacial score (nSPS) is 18.1. The largest absolute Gasteiger partial charge is 0.497 e. The second-order valence-electron chi connectivity index (χ2n) is 7.03. The average Bonchev–Trinajstić information content (AvgIpc) is 3.16. The number of nitrogens with zero attached hydrogens (tertiary/aromatic N) is 1. The summed E-state index contributed by atoms with van der Waals surface area (Å²) in [6.07, 6.45) is 1.09. The molecule has 2 atom stereocenters. The molecule has 1 fully saturated rings. The minimum Gasteiger partial charge on any atom is -0.497 e. The van der Waals surface area contributed by atoms with E-state index < -0.39 is 0 Å². The molecule has 144 valence electrons. The Labute approximate surface area is 161 Å². The van der Waals surface area contributed by atoms with Gasteiger partial charge in [0.2, 0.25) is 5.91 Å². The number of nitrogens with one attached hydrogen (secondary N) is 1. The maximum atomic E-state index is 12.6. The van der Waals surface area contributed by atoms with E-state index in [0.717, 1.165) is 36.6 Å². The van der Waals surface area contributed by atoms with Gasteiger partial charge in [-0.15, -0.1) is 0 Å². The van der Waals surface area contributed by atoms with Gasteiger partial charge in [-0.2, -0.15) is 0 Å². The molecular formula is C22H28N2O3. The van der Waals surface area contributed by atoms with Crippen molar-refractivity contribution < 1.29 is 14.3 Å². The maximum absolute atomic E-state index is 12.6. The summed E-state index contributed by atoms with van der Waals surface area (Å²) in [5, 5.41) is 3.09. The van der Waals surface area contributed by atoms with Crippen LogP contribution in [-0.4, -0.2) is 44.7 Å². The van der Waals surface area contributed by atoms with Crippen molar-refractivity contribution in [3.05, 3.63) is 59.7 Å². The van der Waals surface area contributed by atoms with Crippen molar-refractivity contribution >= 4 is 5.91 Å². The number of carbonyl (C=O) groups excluding carboxylic acids is 1. The van der Waals surface area contributed by atoms with Crippen molar-refractivity contribution in [2.75, 3.05) is 33.9 Å². The highest BCUT2D eigenvalue weighted by atomic mass is 16.5. The molecule has 1 saturated heterocycles. The molecule has 0 unspecified atom stereocenters. The van der Waals surface area contributed by atoms with Crippen LogP contribution < -0.4 is 14.8 Å². The summed E-state index contributed by atoms with van der Waals surface area (Å²) in [6, 6.07) is 16.0. The third-order valence-corrected chi connectivity index (χ3v) is 5.19. The maximum Gasteiger partial charge on any atom is 0.234 e. The number of benzene rings is 2. The van der Waals surface area contributed by atoms with Crippen LogP contribution in [0.5, 0.6) is 11.5 Å². The smallest absolute Gasteiger partial charge is 0.234 e. The topological polar surface area (TPSA) is 50.8 Å². The molecule has 1 heterocycles. The van der Waals surface area contributed by atoms with Crippen LogP contribution in [0, 0.1) is 0 Å². The first kappa shape index (κ1) is 19.2. The van der Waals surface area contributed by atoms with Crippen molar-refractivity contribution in [2.45, 2.75) is 25.3 Å². The molecule has 2 aromatic rings. The predicted octanol–water partition coefficient (Wildman–Crippen LogP) is 3.37. The first-order valence-electron chi connectivity index (χ1n) is 9.39. The van der Waals surface area contributed by atoms with Crippen LogP contribution in [0.4, 0.5) is 0 Å². The van der Waals surface area contributed by atoms with Crippen LogP contribution in [0.25, 0.3) is 0 Å². The zero-order valence-corrected chi connectivity index (χ0v) is 16.3. The van der Waals surface area contributed by atoms with Crippen LogP contribution in [0.15, 0.2) is 48.5 Å². The van der Waals surface area contributed by atoms with E-state index in [-0.39, 0.29) is 11.9 Å². The molecule has 0 aliphatic carbocycles. The Bertz CT molecular complexity index is 763. The Hall–Kier alpha value is -2.53. The van der Waals surface area contributed by atoms with Crippen LogP contribution in [0.2, 0.25) is 0 Å². The number of methoxy groups -OCH3 is 2.